The van der Waals surface area contributed by atoms with E-state index in [0.717, 1.165) is 19.3 Å². The zero-order valence-electron chi connectivity index (χ0n) is 7.42. The van der Waals surface area contributed by atoms with Crippen molar-refractivity contribution in [1.29, 1.82) is 0 Å². The first kappa shape index (κ1) is 9.01. The fourth-order valence-corrected chi connectivity index (χ4v) is 1.81. The minimum atomic E-state index is -0.151. The molecular weight excluding hydrogens is 140 g/mol. The predicted molar refractivity (Wildman–Crippen MR) is 44.4 cm³/mol. The lowest BCUT2D eigenvalue weighted by Crippen LogP contribution is -2.28. The molecule has 0 bridgehead atoms. The highest BCUT2D eigenvalue weighted by atomic mass is 16.5. The number of methoxy groups -OCH3 is 1. The Morgan fingerprint density at radius 2 is 1.91 bits per heavy atom. The number of rotatable bonds is 1. The van der Waals surface area contributed by atoms with Crippen molar-refractivity contribution in [1.82, 2.24) is 0 Å². The SMILES string of the molecule is COC1CCCCC(O)C1C. The molecule has 2 heteroatoms. The van der Waals surface area contributed by atoms with E-state index in [2.05, 4.69) is 6.92 Å². The van der Waals surface area contributed by atoms with Gasteiger partial charge in [0.05, 0.1) is 12.2 Å². The first-order valence-electron chi connectivity index (χ1n) is 4.46. The van der Waals surface area contributed by atoms with E-state index in [1.54, 1.807) is 7.11 Å². The Labute approximate surface area is 68.6 Å². The molecule has 3 unspecified atom stereocenters. The lowest BCUT2D eigenvalue weighted by atomic mass is 9.97. The van der Waals surface area contributed by atoms with Crippen molar-refractivity contribution in [3.8, 4) is 0 Å². The Morgan fingerprint density at radius 1 is 1.27 bits per heavy atom. The third kappa shape index (κ3) is 2.17. The third-order valence-corrected chi connectivity index (χ3v) is 2.73. The number of aliphatic hydroxyl groups is 1. The zero-order chi connectivity index (χ0) is 8.27. The highest BCUT2D eigenvalue weighted by Gasteiger charge is 2.26. The standard InChI is InChI=1S/C9H18O2/c1-7-8(10)5-3-4-6-9(7)11-2/h7-10H,3-6H2,1-2H3. The molecule has 1 saturated carbocycles. The van der Waals surface area contributed by atoms with Gasteiger partial charge in [-0.1, -0.05) is 19.8 Å². The Hall–Kier alpha value is -0.0800. The van der Waals surface area contributed by atoms with Crippen LogP contribution in [0.4, 0.5) is 0 Å². The van der Waals surface area contributed by atoms with Crippen LogP contribution in [-0.4, -0.2) is 24.4 Å². The van der Waals surface area contributed by atoms with Crippen LogP contribution in [0.15, 0.2) is 0 Å². The second-order valence-corrected chi connectivity index (χ2v) is 3.49. The van der Waals surface area contributed by atoms with Crippen molar-refractivity contribution < 1.29 is 9.84 Å². The average molecular weight is 158 g/mol. The predicted octanol–water partition coefficient (Wildman–Crippen LogP) is 1.57. The summed E-state index contributed by atoms with van der Waals surface area (Å²) in [6.07, 6.45) is 4.51. The molecule has 3 atom stereocenters. The highest BCUT2D eigenvalue weighted by molar-refractivity contribution is 4.77. The molecule has 2 nitrogen and oxygen atoms in total. The molecule has 1 rings (SSSR count). The van der Waals surface area contributed by atoms with Gasteiger partial charge in [-0.15, -0.1) is 0 Å². The van der Waals surface area contributed by atoms with Crippen molar-refractivity contribution >= 4 is 0 Å². The van der Waals surface area contributed by atoms with Gasteiger partial charge in [0.25, 0.3) is 0 Å². The van der Waals surface area contributed by atoms with E-state index in [4.69, 9.17) is 4.74 Å². The van der Waals surface area contributed by atoms with Crippen LogP contribution >= 0.6 is 0 Å². The van der Waals surface area contributed by atoms with E-state index in [9.17, 15) is 5.11 Å². The van der Waals surface area contributed by atoms with Crippen LogP contribution in [0.1, 0.15) is 32.6 Å². The molecule has 11 heavy (non-hydrogen) atoms. The van der Waals surface area contributed by atoms with Gasteiger partial charge < -0.3 is 9.84 Å². The Balaban J connectivity index is 2.49. The summed E-state index contributed by atoms with van der Waals surface area (Å²) in [5.41, 5.74) is 0. The van der Waals surface area contributed by atoms with Crippen LogP contribution in [0.3, 0.4) is 0 Å². The van der Waals surface area contributed by atoms with Gasteiger partial charge in [0.1, 0.15) is 0 Å². The summed E-state index contributed by atoms with van der Waals surface area (Å²) < 4.78 is 5.29. The maximum absolute atomic E-state index is 9.58. The maximum Gasteiger partial charge on any atom is 0.0621 e. The van der Waals surface area contributed by atoms with Crippen molar-refractivity contribution in [3.63, 3.8) is 0 Å². The monoisotopic (exact) mass is 158 g/mol. The van der Waals surface area contributed by atoms with Crippen LogP contribution in [0, 0.1) is 5.92 Å². The molecule has 0 amide bonds. The number of hydrogen-bond acceptors (Lipinski definition) is 2. The minimum absolute atomic E-state index is 0.151. The third-order valence-electron chi connectivity index (χ3n) is 2.73. The smallest absolute Gasteiger partial charge is 0.0621 e. The number of ether oxygens (including phenoxy) is 1. The molecule has 0 saturated heterocycles. The quantitative estimate of drug-likeness (QED) is 0.587. The van der Waals surface area contributed by atoms with Crippen molar-refractivity contribution in [2.75, 3.05) is 7.11 Å². The van der Waals surface area contributed by atoms with E-state index < -0.39 is 0 Å². The van der Waals surface area contributed by atoms with Crippen LogP contribution in [0.25, 0.3) is 0 Å². The van der Waals surface area contributed by atoms with Crippen molar-refractivity contribution in [2.45, 2.75) is 44.8 Å². The summed E-state index contributed by atoms with van der Waals surface area (Å²) in [6, 6.07) is 0. The van der Waals surface area contributed by atoms with E-state index >= 15 is 0 Å². The number of aliphatic hydroxyl groups excluding tert-OH is 1. The molecule has 1 aliphatic rings. The lowest BCUT2D eigenvalue weighted by Gasteiger charge is -2.23. The molecule has 0 aromatic heterocycles. The summed E-state index contributed by atoms with van der Waals surface area (Å²) in [5, 5.41) is 9.58. The fraction of sp³-hybridized carbons (Fsp3) is 1.00. The van der Waals surface area contributed by atoms with Crippen LogP contribution in [-0.2, 0) is 4.74 Å². The van der Waals surface area contributed by atoms with Crippen molar-refractivity contribution in [3.05, 3.63) is 0 Å². The molecule has 0 aliphatic heterocycles. The normalized spacial score (nSPS) is 40.1. The largest absolute Gasteiger partial charge is 0.393 e. The average Bonchev–Trinajstić information content (AvgIpc) is 2.16. The van der Waals surface area contributed by atoms with Crippen molar-refractivity contribution in [2.24, 2.45) is 5.92 Å². The van der Waals surface area contributed by atoms with E-state index in [0.29, 0.717) is 5.92 Å². The van der Waals surface area contributed by atoms with Crippen LogP contribution < -0.4 is 0 Å². The summed E-state index contributed by atoms with van der Waals surface area (Å²) in [7, 11) is 1.74. The molecule has 0 aromatic rings. The van der Waals surface area contributed by atoms with E-state index in [1.165, 1.54) is 6.42 Å². The molecule has 0 radical (unpaired) electrons. The zero-order valence-corrected chi connectivity index (χ0v) is 7.42. The molecule has 66 valence electrons. The first-order chi connectivity index (χ1) is 5.25. The topological polar surface area (TPSA) is 29.5 Å². The second-order valence-electron chi connectivity index (χ2n) is 3.49. The van der Waals surface area contributed by atoms with Gasteiger partial charge in [-0.25, -0.2) is 0 Å². The van der Waals surface area contributed by atoms with Gasteiger partial charge >= 0.3 is 0 Å². The number of hydrogen-bond donors (Lipinski definition) is 1. The molecule has 0 aromatic carbocycles. The Kier molecular flexibility index (Phi) is 3.34. The molecule has 1 fully saturated rings. The second kappa shape index (κ2) is 4.07. The van der Waals surface area contributed by atoms with Gasteiger partial charge in [-0.2, -0.15) is 0 Å². The molecular formula is C9H18O2. The van der Waals surface area contributed by atoms with E-state index in [1.807, 2.05) is 0 Å². The Morgan fingerprint density at radius 3 is 2.55 bits per heavy atom. The summed E-state index contributed by atoms with van der Waals surface area (Å²) >= 11 is 0. The molecule has 1 aliphatic carbocycles. The molecule has 1 N–H and O–H groups in total. The van der Waals surface area contributed by atoms with Crippen LogP contribution in [0.2, 0.25) is 0 Å². The highest BCUT2D eigenvalue weighted by Crippen LogP contribution is 2.25. The summed E-state index contributed by atoms with van der Waals surface area (Å²) in [5.74, 6) is 0.308. The fourth-order valence-electron chi connectivity index (χ4n) is 1.81. The van der Waals surface area contributed by atoms with Gasteiger partial charge in [-0.05, 0) is 12.8 Å². The maximum atomic E-state index is 9.58. The molecule has 0 spiro atoms. The van der Waals surface area contributed by atoms with Gasteiger partial charge in [0.15, 0.2) is 0 Å². The van der Waals surface area contributed by atoms with Gasteiger partial charge in [0, 0.05) is 13.0 Å². The van der Waals surface area contributed by atoms with E-state index in [-0.39, 0.29) is 12.2 Å². The summed E-state index contributed by atoms with van der Waals surface area (Å²) in [6.45, 7) is 2.07. The van der Waals surface area contributed by atoms with Gasteiger partial charge in [0.2, 0.25) is 0 Å². The Bertz CT molecular complexity index is 114. The van der Waals surface area contributed by atoms with Crippen LogP contribution in [0.5, 0.6) is 0 Å². The van der Waals surface area contributed by atoms with Gasteiger partial charge in [-0.3, -0.25) is 0 Å². The summed E-state index contributed by atoms with van der Waals surface area (Å²) in [4.78, 5) is 0. The first-order valence-corrected chi connectivity index (χ1v) is 4.46. The lowest BCUT2D eigenvalue weighted by molar-refractivity contribution is -0.00203. The minimum Gasteiger partial charge on any atom is -0.393 e. The molecule has 0 heterocycles.